The zero-order chi connectivity index (χ0) is 18.7. The minimum absolute atomic E-state index is 0.0447. The highest BCUT2D eigenvalue weighted by atomic mass is 16.4. The SMILES string of the molecule is CC(=O)Nc1cc(C(=O)c2ccccc2C(=O)O)c(O)cc1N(C)C. The van der Waals surface area contributed by atoms with Gasteiger partial charge in [0.1, 0.15) is 5.75 Å². The van der Waals surface area contributed by atoms with Crippen LogP contribution in [0, 0.1) is 0 Å². The predicted molar refractivity (Wildman–Crippen MR) is 93.6 cm³/mol. The second-order valence-corrected chi connectivity index (χ2v) is 5.64. The fraction of sp³-hybridized carbons (Fsp3) is 0.167. The molecule has 1 amide bonds. The van der Waals surface area contributed by atoms with Gasteiger partial charge in [-0.1, -0.05) is 18.2 Å². The summed E-state index contributed by atoms with van der Waals surface area (Å²) >= 11 is 0. The minimum atomic E-state index is -1.24. The summed E-state index contributed by atoms with van der Waals surface area (Å²) in [5.41, 5.74) is 0.548. The molecule has 0 fully saturated rings. The number of nitrogens with one attached hydrogen (secondary N) is 1. The van der Waals surface area contributed by atoms with Crippen molar-refractivity contribution in [3.63, 3.8) is 0 Å². The highest BCUT2D eigenvalue weighted by Gasteiger charge is 2.22. The molecule has 0 saturated carbocycles. The predicted octanol–water partition coefficient (Wildman–Crippen LogP) is 2.35. The lowest BCUT2D eigenvalue weighted by Gasteiger charge is -2.19. The van der Waals surface area contributed by atoms with Crippen molar-refractivity contribution in [3.05, 3.63) is 53.1 Å². The van der Waals surface area contributed by atoms with Crippen LogP contribution in [-0.4, -0.2) is 42.0 Å². The second kappa shape index (κ2) is 7.04. The average Bonchev–Trinajstić information content (AvgIpc) is 2.54. The maximum absolute atomic E-state index is 12.8. The van der Waals surface area contributed by atoms with Crippen LogP contribution in [0.25, 0.3) is 0 Å². The quantitative estimate of drug-likeness (QED) is 0.569. The third-order valence-electron chi connectivity index (χ3n) is 3.55. The highest BCUT2D eigenvalue weighted by molar-refractivity contribution is 6.16. The van der Waals surface area contributed by atoms with Crippen molar-refractivity contribution >= 4 is 29.0 Å². The topological polar surface area (TPSA) is 107 Å². The Morgan fingerprint density at radius 3 is 2.12 bits per heavy atom. The fourth-order valence-corrected chi connectivity index (χ4v) is 2.43. The first-order chi connectivity index (χ1) is 11.7. The summed E-state index contributed by atoms with van der Waals surface area (Å²) in [5, 5.41) is 22.1. The molecule has 2 rings (SSSR count). The molecule has 0 aliphatic rings. The van der Waals surface area contributed by atoms with E-state index >= 15 is 0 Å². The number of phenols is 1. The number of hydrogen-bond donors (Lipinski definition) is 3. The van der Waals surface area contributed by atoms with Crippen LogP contribution in [0.3, 0.4) is 0 Å². The fourth-order valence-electron chi connectivity index (χ4n) is 2.43. The summed E-state index contributed by atoms with van der Waals surface area (Å²) in [6, 6.07) is 8.44. The standard InChI is InChI=1S/C18H18N2O5/c1-10(21)19-14-8-13(16(22)9-15(14)20(2)3)17(23)11-6-4-5-7-12(11)18(24)25/h4-9,22H,1-3H3,(H,19,21)(H,24,25). The van der Waals surface area contributed by atoms with E-state index in [9.17, 15) is 24.6 Å². The molecule has 0 spiro atoms. The van der Waals surface area contributed by atoms with E-state index in [2.05, 4.69) is 5.32 Å². The lowest BCUT2D eigenvalue weighted by atomic mass is 9.96. The molecule has 0 radical (unpaired) electrons. The third kappa shape index (κ3) is 3.77. The lowest BCUT2D eigenvalue weighted by Crippen LogP contribution is -2.16. The Morgan fingerprint density at radius 2 is 1.60 bits per heavy atom. The molecule has 130 valence electrons. The number of carboxylic acid groups (broad SMARTS) is 1. The number of benzene rings is 2. The van der Waals surface area contributed by atoms with Gasteiger partial charge in [-0.05, 0) is 12.1 Å². The number of phenolic OH excluding ortho intramolecular Hbond substituents is 1. The summed E-state index contributed by atoms with van der Waals surface area (Å²) in [5.74, 6) is -2.52. The van der Waals surface area contributed by atoms with E-state index in [1.807, 2.05) is 0 Å². The van der Waals surface area contributed by atoms with Crippen molar-refractivity contribution in [1.29, 1.82) is 0 Å². The molecule has 2 aromatic carbocycles. The van der Waals surface area contributed by atoms with E-state index in [0.717, 1.165) is 0 Å². The molecule has 0 atom stereocenters. The number of carbonyl (C=O) groups is 3. The molecular formula is C18H18N2O5. The van der Waals surface area contributed by atoms with Gasteiger partial charge in [0.05, 0.1) is 22.5 Å². The Hall–Kier alpha value is -3.35. The van der Waals surface area contributed by atoms with Gasteiger partial charge in [0.2, 0.25) is 5.91 Å². The number of aromatic carboxylic acids is 1. The first kappa shape index (κ1) is 18.0. The van der Waals surface area contributed by atoms with Crippen LogP contribution < -0.4 is 10.2 Å². The maximum atomic E-state index is 12.8. The van der Waals surface area contributed by atoms with Crippen molar-refractivity contribution in [2.75, 3.05) is 24.3 Å². The van der Waals surface area contributed by atoms with Gasteiger partial charge in [-0.3, -0.25) is 9.59 Å². The zero-order valence-corrected chi connectivity index (χ0v) is 14.0. The largest absolute Gasteiger partial charge is 0.507 e. The molecule has 0 heterocycles. The molecular weight excluding hydrogens is 324 g/mol. The lowest BCUT2D eigenvalue weighted by molar-refractivity contribution is -0.114. The van der Waals surface area contributed by atoms with Crippen LogP contribution in [-0.2, 0) is 4.79 Å². The number of nitrogens with zero attached hydrogens (tertiary/aromatic N) is 1. The van der Waals surface area contributed by atoms with E-state index in [-0.39, 0.29) is 28.3 Å². The van der Waals surface area contributed by atoms with Crippen molar-refractivity contribution in [3.8, 4) is 5.75 Å². The summed E-state index contributed by atoms with van der Waals surface area (Å²) in [4.78, 5) is 37.2. The summed E-state index contributed by atoms with van der Waals surface area (Å²) in [6.45, 7) is 1.33. The third-order valence-corrected chi connectivity index (χ3v) is 3.55. The Morgan fingerprint density at radius 1 is 1.00 bits per heavy atom. The van der Waals surface area contributed by atoms with Crippen molar-refractivity contribution in [1.82, 2.24) is 0 Å². The number of hydrogen-bond acceptors (Lipinski definition) is 5. The molecule has 3 N–H and O–H groups in total. The van der Waals surface area contributed by atoms with Crippen molar-refractivity contribution in [2.24, 2.45) is 0 Å². The average molecular weight is 342 g/mol. The van der Waals surface area contributed by atoms with E-state index in [4.69, 9.17) is 0 Å². The van der Waals surface area contributed by atoms with E-state index in [1.54, 1.807) is 25.1 Å². The number of amides is 1. The Bertz CT molecular complexity index is 859. The van der Waals surface area contributed by atoms with Gasteiger partial charge in [0, 0.05) is 32.6 Å². The van der Waals surface area contributed by atoms with E-state index in [0.29, 0.717) is 11.4 Å². The molecule has 0 aliphatic heterocycles. The van der Waals surface area contributed by atoms with Gasteiger partial charge in [-0.2, -0.15) is 0 Å². The van der Waals surface area contributed by atoms with Gasteiger partial charge >= 0.3 is 5.97 Å². The van der Waals surface area contributed by atoms with Gasteiger partial charge in [-0.25, -0.2) is 4.79 Å². The van der Waals surface area contributed by atoms with Gasteiger partial charge in [0.25, 0.3) is 0 Å². The smallest absolute Gasteiger partial charge is 0.336 e. The maximum Gasteiger partial charge on any atom is 0.336 e. The van der Waals surface area contributed by atoms with Crippen LogP contribution in [0.2, 0.25) is 0 Å². The molecule has 7 nitrogen and oxygen atoms in total. The van der Waals surface area contributed by atoms with Gasteiger partial charge in [0.15, 0.2) is 5.78 Å². The number of aromatic hydroxyl groups is 1. The molecule has 7 heteroatoms. The van der Waals surface area contributed by atoms with Crippen LogP contribution in [0.15, 0.2) is 36.4 Å². The summed E-state index contributed by atoms with van der Waals surface area (Å²) in [6.07, 6.45) is 0. The first-order valence-electron chi connectivity index (χ1n) is 7.41. The number of anilines is 2. The number of rotatable bonds is 5. The molecule has 0 saturated heterocycles. The van der Waals surface area contributed by atoms with E-state index < -0.39 is 11.8 Å². The number of ketones is 1. The molecule has 0 bridgehead atoms. The highest BCUT2D eigenvalue weighted by Crippen LogP contribution is 2.34. The minimum Gasteiger partial charge on any atom is -0.507 e. The number of carbonyl (C=O) groups excluding carboxylic acids is 2. The Labute approximate surface area is 144 Å². The van der Waals surface area contributed by atoms with Gasteiger partial charge < -0.3 is 20.4 Å². The Balaban J connectivity index is 2.61. The van der Waals surface area contributed by atoms with Gasteiger partial charge in [-0.15, -0.1) is 0 Å². The monoisotopic (exact) mass is 342 g/mol. The molecule has 0 aromatic heterocycles. The number of carboxylic acids is 1. The normalized spacial score (nSPS) is 10.2. The Kier molecular flexibility index (Phi) is 5.07. The molecule has 2 aromatic rings. The van der Waals surface area contributed by atoms with Crippen LogP contribution in [0.1, 0.15) is 33.2 Å². The summed E-state index contributed by atoms with van der Waals surface area (Å²) < 4.78 is 0. The van der Waals surface area contributed by atoms with Crippen LogP contribution in [0.5, 0.6) is 5.75 Å². The van der Waals surface area contributed by atoms with Crippen molar-refractivity contribution in [2.45, 2.75) is 6.92 Å². The molecule has 0 unspecified atom stereocenters. The first-order valence-corrected chi connectivity index (χ1v) is 7.41. The molecule has 25 heavy (non-hydrogen) atoms. The van der Waals surface area contributed by atoms with Crippen molar-refractivity contribution < 1.29 is 24.6 Å². The van der Waals surface area contributed by atoms with E-state index in [1.165, 1.54) is 37.3 Å². The zero-order valence-electron chi connectivity index (χ0n) is 14.0. The molecule has 0 aliphatic carbocycles. The van der Waals surface area contributed by atoms with Crippen LogP contribution >= 0.6 is 0 Å². The second-order valence-electron chi connectivity index (χ2n) is 5.64. The van der Waals surface area contributed by atoms with Crippen LogP contribution in [0.4, 0.5) is 11.4 Å². The summed E-state index contributed by atoms with van der Waals surface area (Å²) in [7, 11) is 3.45.